The Morgan fingerprint density at radius 3 is 2.60 bits per heavy atom. The number of carboxylic acids is 1. The van der Waals surface area contributed by atoms with Crippen molar-refractivity contribution in [1.82, 2.24) is 4.90 Å². The number of carboxylic acid groups (broad SMARTS) is 1. The van der Waals surface area contributed by atoms with Crippen LogP contribution in [0.4, 0.5) is 0 Å². The summed E-state index contributed by atoms with van der Waals surface area (Å²) in [6.45, 7) is 9.51. The Bertz CT molecular complexity index is 278. The maximum absolute atomic E-state index is 11.3. The van der Waals surface area contributed by atoms with E-state index in [1.807, 2.05) is 13.8 Å². The van der Waals surface area contributed by atoms with Crippen LogP contribution in [0.15, 0.2) is 11.6 Å². The van der Waals surface area contributed by atoms with Gasteiger partial charge in [-0.05, 0) is 18.9 Å². The van der Waals surface area contributed by atoms with Gasteiger partial charge in [0.15, 0.2) is 0 Å². The van der Waals surface area contributed by atoms with Crippen molar-refractivity contribution in [3.05, 3.63) is 11.6 Å². The first-order chi connectivity index (χ1) is 6.88. The van der Waals surface area contributed by atoms with Crippen LogP contribution in [-0.4, -0.2) is 35.6 Å². The van der Waals surface area contributed by atoms with Crippen LogP contribution in [0.25, 0.3) is 0 Å². The molecule has 0 aromatic heterocycles. The van der Waals surface area contributed by atoms with E-state index < -0.39 is 11.4 Å². The van der Waals surface area contributed by atoms with E-state index in [-0.39, 0.29) is 5.92 Å². The minimum absolute atomic E-state index is 0.142. The van der Waals surface area contributed by atoms with Gasteiger partial charge in [-0.15, -0.1) is 0 Å². The van der Waals surface area contributed by atoms with Crippen LogP contribution in [0, 0.1) is 11.3 Å². The number of hydrogen-bond acceptors (Lipinski definition) is 2. The Morgan fingerprint density at radius 1 is 1.67 bits per heavy atom. The molecular weight excluding hydrogens is 214 g/mol. The molecule has 0 aromatic carbocycles. The Hall–Kier alpha value is -0.540. The van der Waals surface area contributed by atoms with E-state index in [2.05, 4.69) is 11.5 Å². The van der Waals surface area contributed by atoms with Crippen LogP contribution >= 0.6 is 11.6 Å². The molecular formula is C11H18ClNO2. The normalized spacial score (nSPS) is 27.2. The third-order valence-corrected chi connectivity index (χ3v) is 3.43. The lowest BCUT2D eigenvalue weighted by Crippen LogP contribution is -2.39. The fraction of sp³-hybridized carbons (Fsp3) is 0.727. The Labute approximate surface area is 95.7 Å². The number of rotatable bonds is 4. The van der Waals surface area contributed by atoms with Crippen molar-refractivity contribution in [2.45, 2.75) is 20.3 Å². The number of carbonyl (C=O) groups is 1. The largest absolute Gasteiger partial charge is 0.481 e. The molecule has 1 aliphatic rings. The SMILES string of the molecule is C=C(Cl)CN1CCC(C(=O)O)(C(C)C)C1. The molecule has 0 amide bonds. The number of likely N-dealkylation sites (tertiary alicyclic amines) is 1. The predicted molar refractivity (Wildman–Crippen MR) is 61.0 cm³/mol. The molecule has 1 fully saturated rings. The lowest BCUT2D eigenvalue weighted by molar-refractivity contribution is -0.150. The van der Waals surface area contributed by atoms with Gasteiger partial charge in [-0.2, -0.15) is 0 Å². The highest BCUT2D eigenvalue weighted by molar-refractivity contribution is 6.29. The predicted octanol–water partition coefficient (Wildman–Crippen LogP) is 2.17. The second kappa shape index (κ2) is 4.54. The second-order valence-electron chi connectivity index (χ2n) is 4.59. The van der Waals surface area contributed by atoms with Crippen molar-refractivity contribution < 1.29 is 9.90 Å². The van der Waals surface area contributed by atoms with Gasteiger partial charge in [-0.25, -0.2) is 0 Å². The van der Waals surface area contributed by atoms with Crippen LogP contribution in [-0.2, 0) is 4.79 Å². The van der Waals surface area contributed by atoms with Crippen LogP contribution in [0.3, 0.4) is 0 Å². The summed E-state index contributed by atoms with van der Waals surface area (Å²) >= 11 is 5.73. The maximum Gasteiger partial charge on any atom is 0.311 e. The molecule has 1 rings (SSSR count). The highest BCUT2D eigenvalue weighted by Gasteiger charge is 2.46. The van der Waals surface area contributed by atoms with Gasteiger partial charge < -0.3 is 5.11 Å². The fourth-order valence-electron chi connectivity index (χ4n) is 2.19. The number of aliphatic carboxylic acids is 1. The van der Waals surface area contributed by atoms with Crippen molar-refractivity contribution >= 4 is 17.6 Å². The summed E-state index contributed by atoms with van der Waals surface area (Å²) in [5.41, 5.74) is -0.605. The molecule has 0 radical (unpaired) electrons. The molecule has 1 atom stereocenters. The quantitative estimate of drug-likeness (QED) is 0.806. The average Bonchev–Trinajstić information content (AvgIpc) is 2.48. The van der Waals surface area contributed by atoms with E-state index >= 15 is 0 Å². The number of halogens is 1. The molecule has 86 valence electrons. The molecule has 1 unspecified atom stereocenters. The summed E-state index contributed by atoms with van der Waals surface area (Å²) < 4.78 is 0. The molecule has 0 saturated carbocycles. The first-order valence-electron chi connectivity index (χ1n) is 5.17. The van der Waals surface area contributed by atoms with Gasteiger partial charge >= 0.3 is 5.97 Å². The molecule has 0 aliphatic carbocycles. The van der Waals surface area contributed by atoms with Gasteiger partial charge in [0.1, 0.15) is 0 Å². The molecule has 1 N–H and O–H groups in total. The highest BCUT2D eigenvalue weighted by Crippen LogP contribution is 2.38. The van der Waals surface area contributed by atoms with Gasteiger partial charge in [0, 0.05) is 18.1 Å². The monoisotopic (exact) mass is 231 g/mol. The summed E-state index contributed by atoms with van der Waals surface area (Å²) in [6, 6.07) is 0. The highest BCUT2D eigenvalue weighted by atomic mass is 35.5. The molecule has 1 aliphatic heterocycles. The molecule has 1 saturated heterocycles. The van der Waals surface area contributed by atoms with Gasteiger partial charge in [0.25, 0.3) is 0 Å². The summed E-state index contributed by atoms with van der Waals surface area (Å²) in [5.74, 6) is -0.552. The molecule has 0 spiro atoms. The van der Waals surface area contributed by atoms with Crippen LogP contribution < -0.4 is 0 Å². The minimum Gasteiger partial charge on any atom is -0.481 e. The van der Waals surface area contributed by atoms with Gasteiger partial charge in [-0.1, -0.05) is 32.0 Å². The molecule has 4 heteroatoms. The van der Waals surface area contributed by atoms with Gasteiger partial charge in [-0.3, -0.25) is 9.69 Å². The zero-order valence-corrected chi connectivity index (χ0v) is 10.0. The lowest BCUT2D eigenvalue weighted by Gasteiger charge is -2.28. The first-order valence-corrected chi connectivity index (χ1v) is 5.55. The molecule has 0 bridgehead atoms. The van der Waals surface area contributed by atoms with Gasteiger partial charge in [0.05, 0.1) is 5.41 Å². The standard InChI is InChI=1S/C11H18ClNO2/c1-8(2)11(10(14)15)4-5-13(7-11)6-9(3)12/h8H,3-7H2,1-2H3,(H,14,15). The zero-order valence-electron chi connectivity index (χ0n) is 9.29. The lowest BCUT2D eigenvalue weighted by atomic mass is 9.76. The summed E-state index contributed by atoms with van der Waals surface area (Å²) in [5, 5.41) is 9.87. The van der Waals surface area contributed by atoms with Crippen LogP contribution in [0.2, 0.25) is 0 Å². The van der Waals surface area contributed by atoms with Crippen molar-refractivity contribution in [1.29, 1.82) is 0 Å². The van der Waals surface area contributed by atoms with E-state index in [9.17, 15) is 9.90 Å². The van der Waals surface area contributed by atoms with E-state index in [1.165, 1.54) is 0 Å². The molecule has 1 heterocycles. The fourth-order valence-corrected chi connectivity index (χ4v) is 2.35. The third-order valence-electron chi connectivity index (χ3n) is 3.31. The summed E-state index contributed by atoms with van der Waals surface area (Å²) in [6.07, 6.45) is 0.699. The third kappa shape index (κ3) is 2.52. The Balaban J connectivity index is 2.72. The van der Waals surface area contributed by atoms with Gasteiger partial charge in [0.2, 0.25) is 0 Å². The van der Waals surface area contributed by atoms with E-state index in [4.69, 9.17) is 11.6 Å². The first kappa shape index (κ1) is 12.5. The summed E-state index contributed by atoms with van der Waals surface area (Å²) in [4.78, 5) is 13.4. The van der Waals surface area contributed by atoms with E-state index in [0.29, 0.717) is 24.5 Å². The molecule has 3 nitrogen and oxygen atoms in total. The number of hydrogen-bond donors (Lipinski definition) is 1. The van der Waals surface area contributed by atoms with Crippen LogP contribution in [0.5, 0.6) is 0 Å². The number of nitrogens with zero attached hydrogens (tertiary/aromatic N) is 1. The topological polar surface area (TPSA) is 40.5 Å². The molecule has 0 aromatic rings. The van der Waals surface area contributed by atoms with Crippen molar-refractivity contribution in [3.8, 4) is 0 Å². The average molecular weight is 232 g/mol. The Morgan fingerprint density at radius 2 is 2.27 bits per heavy atom. The summed E-state index contributed by atoms with van der Waals surface area (Å²) in [7, 11) is 0. The second-order valence-corrected chi connectivity index (χ2v) is 5.13. The van der Waals surface area contributed by atoms with Crippen molar-refractivity contribution in [3.63, 3.8) is 0 Å². The minimum atomic E-state index is -0.694. The van der Waals surface area contributed by atoms with E-state index in [0.717, 1.165) is 6.54 Å². The van der Waals surface area contributed by atoms with Crippen molar-refractivity contribution in [2.75, 3.05) is 19.6 Å². The smallest absolute Gasteiger partial charge is 0.311 e. The maximum atomic E-state index is 11.3. The zero-order chi connectivity index (χ0) is 11.6. The molecule has 15 heavy (non-hydrogen) atoms. The van der Waals surface area contributed by atoms with Crippen LogP contribution in [0.1, 0.15) is 20.3 Å². The Kier molecular flexibility index (Phi) is 3.79. The van der Waals surface area contributed by atoms with E-state index in [1.54, 1.807) is 0 Å². The van der Waals surface area contributed by atoms with Crippen molar-refractivity contribution in [2.24, 2.45) is 11.3 Å².